The van der Waals surface area contributed by atoms with Gasteiger partial charge in [-0.05, 0) is 56.2 Å². The lowest BCUT2D eigenvalue weighted by Gasteiger charge is -2.08. The van der Waals surface area contributed by atoms with Gasteiger partial charge in [0.15, 0.2) is 0 Å². The Morgan fingerprint density at radius 3 is 1.57 bits per heavy atom. The van der Waals surface area contributed by atoms with E-state index in [0.29, 0.717) is 11.1 Å². The molecule has 0 aliphatic rings. The SMILES string of the molecule is CC.Cc1cc(F)ccc1C(=O)C(F)(F)F.Cc1ccc(C)c(C(=O)C(F)(F)F)c1. The molecule has 9 heteroatoms. The maximum atomic E-state index is 12.5. The van der Waals surface area contributed by atoms with E-state index in [-0.39, 0.29) is 11.1 Å². The van der Waals surface area contributed by atoms with Gasteiger partial charge in [-0.2, -0.15) is 26.3 Å². The molecule has 166 valence electrons. The maximum Gasteiger partial charge on any atom is 0.454 e. The number of aryl methyl sites for hydroxylation is 3. The first-order valence-electron chi connectivity index (χ1n) is 8.71. The summed E-state index contributed by atoms with van der Waals surface area (Å²) in [6.45, 7) is 8.38. The van der Waals surface area contributed by atoms with Gasteiger partial charge in [0.2, 0.25) is 0 Å². The van der Waals surface area contributed by atoms with Crippen LogP contribution >= 0.6 is 0 Å². The minimum Gasteiger partial charge on any atom is -0.284 e. The van der Waals surface area contributed by atoms with Crippen LogP contribution in [-0.4, -0.2) is 23.9 Å². The quantitative estimate of drug-likeness (QED) is 0.375. The topological polar surface area (TPSA) is 34.1 Å². The fourth-order valence-corrected chi connectivity index (χ4v) is 2.17. The molecule has 0 heterocycles. The van der Waals surface area contributed by atoms with Gasteiger partial charge in [0.05, 0.1) is 0 Å². The number of alkyl halides is 6. The van der Waals surface area contributed by atoms with Gasteiger partial charge in [0.25, 0.3) is 11.6 Å². The summed E-state index contributed by atoms with van der Waals surface area (Å²) in [5, 5.41) is 0. The summed E-state index contributed by atoms with van der Waals surface area (Å²) in [6.07, 6.45) is -9.71. The van der Waals surface area contributed by atoms with E-state index in [4.69, 9.17) is 0 Å². The van der Waals surface area contributed by atoms with Crippen molar-refractivity contribution in [1.29, 1.82) is 0 Å². The largest absolute Gasteiger partial charge is 0.454 e. The maximum absolute atomic E-state index is 12.5. The second-order valence-corrected chi connectivity index (χ2v) is 5.93. The van der Waals surface area contributed by atoms with E-state index in [1.165, 1.54) is 26.0 Å². The summed E-state index contributed by atoms with van der Waals surface area (Å²) in [6, 6.07) is 6.98. The van der Waals surface area contributed by atoms with Crippen LogP contribution < -0.4 is 0 Å². The van der Waals surface area contributed by atoms with Crippen LogP contribution in [0.25, 0.3) is 0 Å². The molecule has 0 unspecified atom stereocenters. The van der Waals surface area contributed by atoms with Crippen molar-refractivity contribution < 1.29 is 40.3 Å². The summed E-state index contributed by atoms with van der Waals surface area (Å²) in [5.41, 5.74) is 0.185. The van der Waals surface area contributed by atoms with E-state index >= 15 is 0 Å². The molecule has 0 atom stereocenters. The average Bonchev–Trinajstić information content (AvgIpc) is 2.63. The van der Waals surface area contributed by atoms with E-state index in [1.807, 2.05) is 13.8 Å². The molecule has 2 aromatic carbocycles. The third kappa shape index (κ3) is 7.96. The molecule has 30 heavy (non-hydrogen) atoms. The van der Waals surface area contributed by atoms with Gasteiger partial charge in [0.1, 0.15) is 5.82 Å². The summed E-state index contributed by atoms with van der Waals surface area (Å²) >= 11 is 0. The number of rotatable bonds is 2. The highest BCUT2D eigenvalue weighted by molar-refractivity contribution is 6.02. The minimum absolute atomic E-state index is 0.0210. The number of halogens is 7. The van der Waals surface area contributed by atoms with Gasteiger partial charge in [0, 0.05) is 11.1 Å². The van der Waals surface area contributed by atoms with Crippen LogP contribution in [0.5, 0.6) is 0 Å². The van der Waals surface area contributed by atoms with Crippen LogP contribution in [0.4, 0.5) is 30.7 Å². The molecule has 0 radical (unpaired) electrons. The fourth-order valence-electron chi connectivity index (χ4n) is 2.17. The molecule has 0 saturated carbocycles. The number of ketones is 2. The lowest BCUT2D eigenvalue weighted by Crippen LogP contribution is -2.23. The van der Waals surface area contributed by atoms with E-state index < -0.39 is 35.3 Å². The lowest BCUT2D eigenvalue weighted by molar-refractivity contribution is -0.0888. The highest BCUT2D eigenvalue weighted by atomic mass is 19.4. The Hall–Kier alpha value is -2.71. The second kappa shape index (κ2) is 10.9. The van der Waals surface area contributed by atoms with E-state index in [0.717, 1.165) is 18.2 Å². The molecule has 2 nitrogen and oxygen atoms in total. The molecule has 0 amide bonds. The number of hydrogen-bond acceptors (Lipinski definition) is 2. The summed E-state index contributed by atoms with van der Waals surface area (Å²) in [5.74, 6) is -4.39. The van der Waals surface area contributed by atoms with Crippen molar-refractivity contribution in [3.05, 3.63) is 70.0 Å². The van der Waals surface area contributed by atoms with Crippen molar-refractivity contribution in [3.63, 3.8) is 0 Å². The predicted octanol–water partition coefficient (Wildman–Crippen LogP) is 6.95. The Morgan fingerprint density at radius 1 is 0.667 bits per heavy atom. The predicted molar refractivity (Wildman–Crippen MR) is 99.2 cm³/mol. The molecule has 0 aliphatic carbocycles. The van der Waals surface area contributed by atoms with Crippen LogP contribution in [0.2, 0.25) is 0 Å². The van der Waals surface area contributed by atoms with Crippen molar-refractivity contribution in [3.8, 4) is 0 Å². The van der Waals surface area contributed by atoms with Crippen molar-refractivity contribution in [2.24, 2.45) is 0 Å². The minimum atomic E-state index is -4.91. The third-order valence-corrected chi connectivity index (χ3v) is 3.59. The molecule has 0 aliphatic heterocycles. The number of benzene rings is 2. The summed E-state index contributed by atoms with van der Waals surface area (Å²) in [7, 11) is 0. The first-order valence-corrected chi connectivity index (χ1v) is 8.71. The standard InChI is InChI=1S/C10H9F3O.C9H6F4O.C2H6/c1-6-3-4-7(2)8(5-6)9(14)10(11,12)13;1-5-4-6(10)2-3-7(5)8(14)9(11,12)13;1-2/h3-5H,1-2H3;2-4H,1H3;1-2H3. The average molecular weight is 438 g/mol. The second-order valence-electron chi connectivity index (χ2n) is 5.93. The van der Waals surface area contributed by atoms with Gasteiger partial charge < -0.3 is 0 Å². The molecule has 2 rings (SSSR count). The number of hydrogen-bond donors (Lipinski definition) is 0. The number of carbonyl (C=O) groups is 2. The van der Waals surface area contributed by atoms with Crippen LogP contribution in [0, 0.1) is 26.6 Å². The van der Waals surface area contributed by atoms with Gasteiger partial charge in [-0.3, -0.25) is 9.59 Å². The Morgan fingerprint density at radius 2 is 1.13 bits per heavy atom. The Labute approximate surface area is 169 Å². The van der Waals surface area contributed by atoms with E-state index in [2.05, 4.69) is 0 Å². The first kappa shape index (κ1) is 27.3. The van der Waals surface area contributed by atoms with Gasteiger partial charge >= 0.3 is 12.4 Å². The van der Waals surface area contributed by atoms with E-state index in [1.54, 1.807) is 13.0 Å². The Bertz CT molecular complexity index is 882. The zero-order valence-corrected chi connectivity index (χ0v) is 16.9. The highest BCUT2D eigenvalue weighted by Crippen LogP contribution is 2.24. The molecular weight excluding hydrogens is 417 g/mol. The van der Waals surface area contributed by atoms with Crippen LogP contribution in [0.3, 0.4) is 0 Å². The monoisotopic (exact) mass is 438 g/mol. The van der Waals surface area contributed by atoms with Crippen molar-refractivity contribution >= 4 is 11.6 Å². The molecular formula is C21H21F7O2. The zero-order chi connectivity index (χ0) is 23.9. The van der Waals surface area contributed by atoms with Gasteiger partial charge in [-0.15, -0.1) is 0 Å². The normalized spacial score (nSPS) is 10.9. The summed E-state index contributed by atoms with van der Waals surface area (Å²) in [4.78, 5) is 21.7. The van der Waals surface area contributed by atoms with Crippen LogP contribution in [0.15, 0.2) is 36.4 Å². The molecule has 2 aromatic rings. The van der Waals surface area contributed by atoms with E-state index in [9.17, 15) is 40.3 Å². The Kier molecular flexibility index (Phi) is 9.91. The molecule has 0 spiro atoms. The van der Waals surface area contributed by atoms with Gasteiger partial charge in [-0.1, -0.05) is 31.5 Å². The number of Topliss-reactive ketones (excluding diaryl/α,β-unsaturated/α-hetero) is 2. The van der Waals surface area contributed by atoms with Gasteiger partial charge in [-0.25, -0.2) is 4.39 Å². The highest BCUT2D eigenvalue weighted by Gasteiger charge is 2.40. The lowest BCUT2D eigenvalue weighted by atomic mass is 10.0. The molecule has 0 saturated heterocycles. The van der Waals surface area contributed by atoms with Crippen molar-refractivity contribution in [2.75, 3.05) is 0 Å². The third-order valence-electron chi connectivity index (χ3n) is 3.59. The molecule has 0 fully saturated rings. The van der Waals surface area contributed by atoms with Crippen molar-refractivity contribution in [2.45, 2.75) is 47.0 Å². The van der Waals surface area contributed by atoms with Crippen LogP contribution in [0.1, 0.15) is 51.3 Å². The molecule has 0 aromatic heterocycles. The van der Waals surface area contributed by atoms with Crippen molar-refractivity contribution in [1.82, 2.24) is 0 Å². The van der Waals surface area contributed by atoms with Crippen LogP contribution in [-0.2, 0) is 0 Å². The zero-order valence-electron chi connectivity index (χ0n) is 16.9. The summed E-state index contributed by atoms with van der Waals surface area (Å²) < 4.78 is 84.7. The molecule has 0 bridgehead atoms. The first-order chi connectivity index (χ1) is 13.6. The molecule has 0 N–H and O–H groups in total. The fraction of sp³-hybridized carbons (Fsp3) is 0.333. The smallest absolute Gasteiger partial charge is 0.284 e. The number of carbonyl (C=O) groups excluding carboxylic acids is 2. The Balaban J connectivity index is 0.000000518.